The van der Waals surface area contributed by atoms with Gasteiger partial charge in [0.05, 0.1) is 6.10 Å². The third kappa shape index (κ3) is 3.76. The van der Waals surface area contributed by atoms with Crippen molar-refractivity contribution in [1.29, 1.82) is 0 Å². The highest BCUT2D eigenvalue weighted by Crippen LogP contribution is 2.31. The molecule has 0 radical (unpaired) electrons. The molecule has 1 heterocycles. The quantitative estimate of drug-likeness (QED) is 0.818. The van der Waals surface area contributed by atoms with E-state index in [1.165, 1.54) is 10.5 Å². The fourth-order valence-corrected chi connectivity index (χ4v) is 3.56. The molecule has 2 N–H and O–H groups in total. The minimum atomic E-state index is -0.415. The predicted octanol–water partition coefficient (Wildman–Crippen LogP) is 2.43. The molecule has 0 amide bonds. The second-order valence-electron chi connectivity index (χ2n) is 5.45. The van der Waals surface area contributed by atoms with Gasteiger partial charge in [-0.3, -0.25) is 4.90 Å². The normalized spacial score (nSPS) is 19.8. The molecule has 1 saturated heterocycles. The van der Waals surface area contributed by atoms with Crippen molar-refractivity contribution in [3.8, 4) is 0 Å². The monoisotopic (exact) mass is 294 g/mol. The van der Waals surface area contributed by atoms with E-state index >= 15 is 0 Å². The minimum absolute atomic E-state index is 0.162. The van der Waals surface area contributed by atoms with Gasteiger partial charge in [-0.15, -0.1) is 11.8 Å². The van der Waals surface area contributed by atoms with Gasteiger partial charge in [0.1, 0.15) is 0 Å². The van der Waals surface area contributed by atoms with Crippen molar-refractivity contribution in [2.24, 2.45) is 0 Å². The number of nitrogens with zero attached hydrogens (tertiary/aromatic N) is 1. The smallest absolute Gasteiger partial charge is 0.0953 e. The molecule has 0 aliphatic carbocycles. The summed E-state index contributed by atoms with van der Waals surface area (Å²) in [6.45, 7) is 10.4. The summed E-state index contributed by atoms with van der Waals surface area (Å²) in [6, 6.07) is 6.58. The molecule has 1 fully saturated rings. The Labute approximate surface area is 126 Å². The van der Waals surface area contributed by atoms with Crippen molar-refractivity contribution in [2.75, 3.05) is 31.9 Å². The highest BCUT2D eigenvalue weighted by Gasteiger charge is 2.26. The number of rotatable bonds is 5. The Balaban J connectivity index is 2.17. The molecule has 2 atom stereocenters. The van der Waals surface area contributed by atoms with Gasteiger partial charge in [-0.25, -0.2) is 0 Å². The van der Waals surface area contributed by atoms with Crippen molar-refractivity contribution >= 4 is 11.8 Å². The summed E-state index contributed by atoms with van der Waals surface area (Å²) in [5, 5.41) is 14.2. The SMILES string of the molecule is CCSc1ccc(C)cc1C(O)C(C)N1CCNCC1. The number of nitrogens with one attached hydrogen (secondary N) is 1. The van der Waals surface area contributed by atoms with Gasteiger partial charge >= 0.3 is 0 Å². The first-order valence-corrected chi connectivity index (χ1v) is 8.48. The third-order valence-corrected chi connectivity index (χ3v) is 4.94. The van der Waals surface area contributed by atoms with Crippen LogP contribution in [0.15, 0.2) is 23.1 Å². The number of piperazine rings is 1. The lowest BCUT2D eigenvalue weighted by Gasteiger charge is -2.36. The molecule has 2 rings (SSSR count). The van der Waals surface area contributed by atoms with E-state index in [-0.39, 0.29) is 6.04 Å². The molecule has 2 unspecified atom stereocenters. The van der Waals surface area contributed by atoms with Gasteiger partial charge in [-0.1, -0.05) is 24.6 Å². The Bertz CT molecular complexity index is 432. The van der Waals surface area contributed by atoms with Gasteiger partial charge in [0, 0.05) is 37.1 Å². The Hall–Kier alpha value is -0.550. The molecule has 3 nitrogen and oxygen atoms in total. The average molecular weight is 294 g/mol. The number of aliphatic hydroxyl groups excluding tert-OH is 1. The van der Waals surface area contributed by atoms with E-state index in [0.29, 0.717) is 0 Å². The summed E-state index contributed by atoms with van der Waals surface area (Å²) in [5.41, 5.74) is 2.30. The predicted molar refractivity (Wildman–Crippen MR) is 86.4 cm³/mol. The van der Waals surface area contributed by atoms with E-state index in [2.05, 4.69) is 49.2 Å². The molecule has 1 aliphatic heterocycles. The Morgan fingerprint density at radius 1 is 1.35 bits per heavy atom. The van der Waals surface area contributed by atoms with Crippen molar-refractivity contribution in [3.63, 3.8) is 0 Å². The van der Waals surface area contributed by atoms with Crippen LogP contribution in [0.3, 0.4) is 0 Å². The van der Waals surface area contributed by atoms with Crippen LogP contribution in [0.1, 0.15) is 31.1 Å². The van der Waals surface area contributed by atoms with E-state index < -0.39 is 6.10 Å². The second kappa shape index (κ2) is 7.46. The molecule has 20 heavy (non-hydrogen) atoms. The molecule has 0 aromatic heterocycles. The molecular weight excluding hydrogens is 268 g/mol. The van der Waals surface area contributed by atoms with Crippen LogP contribution in [0.25, 0.3) is 0 Å². The molecule has 1 aromatic carbocycles. The molecule has 1 aromatic rings. The zero-order chi connectivity index (χ0) is 14.5. The van der Waals surface area contributed by atoms with Crippen molar-refractivity contribution in [2.45, 2.75) is 37.8 Å². The van der Waals surface area contributed by atoms with Gasteiger partial charge in [0.2, 0.25) is 0 Å². The Kier molecular flexibility index (Phi) is 5.90. The minimum Gasteiger partial charge on any atom is -0.387 e. The first-order chi connectivity index (χ1) is 9.63. The Morgan fingerprint density at radius 2 is 2.05 bits per heavy atom. The van der Waals surface area contributed by atoms with Crippen LogP contribution in [-0.2, 0) is 0 Å². The lowest BCUT2D eigenvalue weighted by Crippen LogP contribution is -2.49. The molecule has 0 spiro atoms. The third-order valence-electron chi connectivity index (χ3n) is 3.97. The number of thioether (sulfide) groups is 1. The zero-order valence-electron chi connectivity index (χ0n) is 12.7. The van der Waals surface area contributed by atoms with Crippen LogP contribution in [0.2, 0.25) is 0 Å². The summed E-state index contributed by atoms with van der Waals surface area (Å²) in [5.74, 6) is 1.03. The van der Waals surface area contributed by atoms with Gasteiger partial charge in [0.25, 0.3) is 0 Å². The highest BCUT2D eigenvalue weighted by molar-refractivity contribution is 7.99. The van der Waals surface area contributed by atoms with Gasteiger partial charge in [-0.05, 0) is 31.2 Å². The lowest BCUT2D eigenvalue weighted by atomic mass is 10.00. The van der Waals surface area contributed by atoms with Crippen LogP contribution < -0.4 is 5.32 Å². The van der Waals surface area contributed by atoms with Gasteiger partial charge in [-0.2, -0.15) is 0 Å². The molecule has 0 saturated carbocycles. The van der Waals surface area contributed by atoms with E-state index in [1.54, 1.807) is 0 Å². The standard InChI is InChI=1S/C16H26N2OS/c1-4-20-15-6-5-12(2)11-14(15)16(19)13(3)18-9-7-17-8-10-18/h5-6,11,13,16-17,19H,4,7-10H2,1-3H3. The van der Waals surface area contributed by atoms with Crippen molar-refractivity contribution in [3.05, 3.63) is 29.3 Å². The molecule has 4 heteroatoms. The zero-order valence-corrected chi connectivity index (χ0v) is 13.5. The van der Waals surface area contributed by atoms with Crippen LogP contribution in [0.4, 0.5) is 0 Å². The van der Waals surface area contributed by atoms with Crippen molar-refractivity contribution < 1.29 is 5.11 Å². The number of benzene rings is 1. The number of aryl methyl sites for hydroxylation is 1. The highest BCUT2D eigenvalue weighted by atomic mass is 32.2. The van der Waals surface area contributed by atoms with Crippen LogP contribution >= 0.6 is 11.8 Å². The summed E-state index contributed by atoms with van der Waals surface area (Å²) in [6.07, 6.45) is -0.415. The summed E-state index contributed by atoms with van der Waals surface area (Å²) in [7, 11) is 0. The molecule has 1 aliphatic rings. The molecule has 112 valence electrons. The van der Waals surface area contributed by atoms with E-state index in [1.807, 2.05) is 11.8 Å². The number of hydrogen-bond donors (Lipinski definition) is 2. The second-order valence-corrected chi connectivity index (χ2v) is 6.75. The maximum atomic E-state index is 10.8. The number of hydrogen-bond acceptors (Lipinski definition) is 4. The maximum absolute atomic E-state index is 10.8. The fraction of sp³-hybridized carbons (Fsp3) is 0.625. The largest absolute Gasteiger partial charge is 0.387 e. The summed E-state index contributed by atoms with van der Waals surface area (Å²) in [4.78, 5) is 3.59. The van der Waals surface area contributed by atoms with Gasteiger partial charge in [0.15, 0.2) is 0 Å². The van der Waals surface area contributed by atoms with E-state index in [0.717, 1.165) is 37.5 Å². The maximum Gasteiger partial charge on any atom is 0.0953 e. The lowest BCUT2D eigenvalue weighted by molar-refractivity contribution is 0.0494. The van der Waals surface area contributed by atoms with Crippen LogP contribution in [0, 0.1) is 6.92 Å². The summed E-state index contributed by atoms with van der Waals surface area (Å²) >= 11 is 1.81. The fourth-order valence-electron chi connectivity index (χ4n) is 2.73. The van der Waals surface area contributed by atoms with Crippen LogP contribution in [0.5, 0.6) is 0 Å². The molecular formula is C16H26N2OS. The van der Waals surface area contributed by atoms with E-state index in [9.17, 15) is 5.11 Å². The first-order valence-electron chi connectivity index (χ1n) is 7.49. The summed E-state index contributed by atoms with van der Waals surface area (Å²) < 4.78 is 0. The average Bonchev–Trinajstić information content (AvgIpc) is 2.48. The first kappa shape index (κ1) is 15.8. The van der Waals surface area contributed by atoms with E-state index in [4.69, 9.17) is 0 Å². The topological polar surface area (TPSA) is 35.5 Å². The van der Waals surface area contributed by atoms with Gasteiger partial charge < -0.3 is 10.4 Å². The van der Waals surface area contributed by atoms with Crippen LogP contribution in [-0.4, -0.2) is 48.0 Å². The Morgan fingerprint density at radius 3 is 2.70 bits per heavy atom. The van der Waals surface area contributed by atoms with Crippen molar-refractivity contribution in [1.82, 2.24) is 10.2 Å². The number of aliphatic hydroxyl groups is 1. The molecule has 0 bridgehead atoms.